The molecular formula is C20H17BrCl2F2N6O2. The Bertz CT molecular complexity index is 1270. The molecule has 0 unspecified atom stereocenters. The van der Waals surface area contributed by atoms with Crippen LogP contribution in [0.5, 0.6) is 0 Å². The van der Waals surface area contributed by atoms with Gasteiger partial charge in [0.25, 0.3) is 5.91 Å². The van der Waals surface area contributed by atoms with Gasteiger partial charge in [-0.15, -0.1) is 0 Å². The molecule has 1 amide bonds. The fraction of sp³-hybridized carbons (Fsp3) is 0.400. The first-order valence-electron chi connectivity index (χ1n) is 10.2. The number of carbonyl (C=O) groups excluding carboxylic acids is 1. The van der Waals surface area contributed by atoms with E-state index >= 15 is 0 Å². The number of rotatable bonds is 2. The van der Waals surface area contributed by atoms with Gasteiger partial charge in [0.05, 0.1) is 34.9 Å². The predicted octanol–water partition coefficient (Wildman–Crippen LogP) is 4.06. The third kappa shape index (κ3) is 4.05. The molecule has 0 radical (unpaired) electrons. The number of nitrogens with zero attached hydrogens (tertiary/aromatic N) is 6. The molecule has 5 rings (SSSR count). The second kappa shape index (κ2) is 8.94. The Hall–Kier alpha value is -2.08. The van der Waals surface area contributed by atoms with E-state index in [9.17, 15) is 13.6 Å². The maximum atomic E-state index is 14.7. The summed E-state index contributed by atoms with van der Waals surface area (Å²) in [7, 11) is 0. The van der Waals surface area contributed by atoms with E-state index in [-0.39, 0.29) is 49.6 Å². The number of anilines is 1. The average molecular weight is 562 g/mol. The maximum absolute atomic E-state index is 14.7. The number of hydrogen-bond acceptors (Lipinski definition) is 6. The van der Waals surface area contributed by atoms with Gasteiger partial charge in [0.2, 0.25) is 5.28 Å². The van der Waals surface area contributed by atoms with E-state index in [2.05, 4.69) is 31.0 Å². The van der Waals surface area contributed by atoms with Crippen LogP contribution in [0.2, 0.25) is 10.3 Å². The Balaban J connectivity index is 1.54. The fourth-order valence-electron chi connectivity index (χ4n) is 4.09. The summed E-state index contributed by atoms with van der Waals surface area (Å²) in [5, 5.41) is 4.75. The molecule has 0 saturated carbocycles. The highest BCUT2D eigenvalue weighted by molar-refractivity contribution is 9.10. The fourth-order valence-corrected chi connectivity index (χ4v) is 4.83. The first-order valence-corrected chi connectivity index (χ1v) is 11.8. The van der Waals surface area contributed by atoms with Gasteiger partial charge >= 0.3 is 0 Å². The van der Waals surface area contributed by atoms with Crippen LogP contribution >= 0.6 is 39.1 Å². The van der Waals surface area contributed by atoms with Crippen LogP contribution in [-0.2, 0) is 17.8 Å². The van der Waals surface area contributed by atoms with Crippen molar-refractivity contribution >= 4 is 61.8 Å². The van der Waals surface area contributed by atoms with Crippen molar-refractivity contribution in [2.45, 2.75) is 19.5 Å². The zero-order valence-corrected chi connectivity index (χ0v) is 20.2. The molecule has 1 fully saturated rings. The van der Waals surface area contributed by atoms with Crippen molar-refractivity contribution in [2.24, 2.45) is 0 Å². The van der Waals surface area contributed by atoms with Crippen LogP contribution in [0.15, 0.2) is 10.5 Å². The summed E-state index contributed by atoms with van der Waals surface area (Å²) in [5.41, 5.74) is 0.707. The zero-order valence-electron chi connectivity index (χ0n) is 17.1. The highest BCUT2D eigenvalue weighted by Gasteiger charge is 2.30. The Morgan fingerprint density at radius 3 is 2.64 bits per heavy atom. The van der Waals surface area contributed by atoms with Gasteiger partial charge in [-0.2, -0.15) is 10.1 Å². The summed E-state index contributed by atoms with van der Waals surface area (Å²) in [6.07, 6.45) is 0.640. The van der Waals surface area contributed by atoms with Crippen molar-refractivity contribution in [3.05, 3.63) is 43.9 Å². The zero-order chi connectivity index (χ0) is 23.3. The molecule has 0 bridgehead atoms. The number of aromatic nitrogens is 4. The number of carbonyl (C=O) groups is 1. The van der Waals surface area contributed by atoms with Gasteiger partial charge in [-0.25, -0.2) is 13.8 Å². The largest absolute Gasteiger partial charge is 0.378 e. The van der Waals surface area contributed by atoms with Crippen molar-refractivity contribution < 1.29 is 18.3 Å². The van der Waals surface area contributed by atoms with E-state index in [1.165, 1.54) is 6.07 Å². The number of ether oxygens (including phenoxy) is 1. The smallest absolute Gasteiger partial charge is 0.276 e. The third-order valence-corrected chi connectivity index (χ3v) is 7.01. The highest BCUT2D eigenvalue weighted by atomic mass is 79.9. The normalized spacial score (nSPS) is 16.8. The summed E-state index contributed by atoms with van der Waals surface area (Å²) in [6.45, 7) is 3.14. The van der Waals surface area contributed by atoms with E-state index in [1.54, 1.807) is 9.58 Å². The van der Waals surface area contributed by atoms with Crippen LogP contribution in [0.1, 0.15) is 22.6 Å². The molecule has 4 heterocycles. The highest BCUT2D eigenvalue weighted by Crippen LogP contribution is 2.35. The number of benzene rings is 1. The summed E-state index contributed by atoms with van der Waals surface area (Å²) >= 11 is 15.6. The predicted molar refractivity (Wildman–Crippen MR) is 122 cm³/mol. The molecule has 0 spiro atoms. The van der Waals surface area contributed by atoms with E-state index in [1.807, 2.05) is 4.90 Å². The van der Waals surface area contributed by atoms with Gasteiger partial charge in [0.15, 0.2) is 11.5 Å². The van der Waals surface area contributed by atoms with Gasteiger partial charge in [-0.3, -0.25) is 9.48 Å². The van der Waals surface area contributed by atoms with E-state index in [0.29, 0.717) is 51.5 Å². The quantitative estimate of drug-likeness (QED) is 0.347. The van der Waals surface area contributed by atoms with Crippen LogP contribution in [0.25, 0.3) is 10.9 Å². The van der Waals surface area contributed by atoms with Crippen LogP contribution < -0.4 is 4.90 Å². The lowest BCUT2D eigenvalue weighted by Crippen LogP contribution is -2.41. The van der Waals surface area contributed by atoms with Crippen molar-refractivity contribution in [1.29, 1.82) is 0 Å². The Labute approximate surface area is 205 Å². The summed E-state index contributed by atoms with van der Waals surface area (Å²) in [4.78, 5) is 24.7. The Morgan fingerprint density at radius 1 is 1.12 bits per heavy atom. The minimum Gasteiger partial charge on any atom is -0.378 e. The Kier molecular flexibility index (Phi) is 6.15. The monoisotopic (exact) mass is 560 g/mol. The number of morpholine rings is 1. The number of halogens is 5. The minimum absolute atomic E-state index is 0.0923. The lowest BCUT2D eigenvalue weighted by atomic mass is 10.2. The van der Waals surface area contributed by atoms with Crippen molar-refractivity contribution in [3.63, 3.8) is 0 Å². The molecule has 174 valence electrons. The molecule has 1 aromatic carbocycles. The molecule has 1 saturated heterocycles. The molecule has 0 N–H and O–H groups in total. The first-order chi connectivity index (χ1) is 15.8. The molecule has 3 aromatic rings. The SMILES string of the molecule is O=C(c1nn2c(c1Cl)CN(c1nc(Cl)nc3c(F)c(Br)c(F)cc13)CCC2)N1CCOCC1. The average Bonchev–Trinajstić information content (AvgIpc) is 2.98. The molecule has 0 aliphatic carbocycles. The van der Waals surface area contributed by atoms with Crippen LogP contribution in [-0.4, -0.2) is 63.4 Å². The molecule has 13 heteroatoms. The second-order valence-electron chi connectivity index (χ2n) is 7.71. The van der Waals surface area contributed by atoms with Crippen LogP contribution in [0.3, 0.4) is 0 Å². The number of amides is 1. The topological polar surface area (TPSA) is 76.4 Å². The minimum atomic E-state index is -0.855. The van der Waals surface area contributed by atoms with Crippen LogP contribution in [0, 0.1) is 11.6 Å². The second-order valence-corrected chi connectivity index (χ2v) is 9.22. The molecule has 0 atom stereocenters. The lowest BCUT2D eigenvalue weighted by molar-refractivity contribution is 0.0298. The van der Waals surface area contributed by atoms with Crippen molar-refractivity contribution in [1.82, 2.24) is 24.6 Å². The summed E-state index contributed by atoms with van der Waals surface area (Å²) in [5.74, 6) is -1.60. The first kappa shape index (κ1) is 22.7. The van der Waals surface area contributed by atoms with Gasteiger partial charge in [-0.05, 0) is 40.0 Å². The van der Waals surface area contributed by atoms with E-state index < -0.39 is 11.6 Å². The lowest BCUT2D eigenvalue weighted by Gasteiger charge is -2.26. The number of fused-ring (bicyclic) bond motifs is 2. The van der Waals surface area contributed by atoms with Gasteiger partial charge in [-0.1, -0.05) is 11.6 Å². The molecule has 33 heavy (non-hydrogen) atoms. The van der Waals surface area contributed by atoms with E-state index in [4.69, 9.17) is 27.9 Å². The van der Waals surface area contributed by atoms with E-state index in [0.717, 1.165) is 0 Å². The van der Waals surface area contributed by atoms with Gasteiger partial charge < -0.3 is 14.5 Å². The molecule has 2 aromatic heterocycles. The van der Waals surface area contributed by atoms with Crippen molar-refractivity contribution in [2.75, 3.05) is 37.7 Å². The standard InChI is InChI=1S/C20H17BrCl2F2N6O2/c21-13-11(24)8-10-16(15(13)25)26-20(23)27-18(10)30-2-1-3-31-12(9-30)14(22)17(28-31)19(32)29-4-6-33-7-5-29/h8H,1-7,9H2. The number of hydrogen-bond donors (Lipinski definition) is 0. The van der Waals surface area contributed by atoms with Gasteiger partial charge in [0.1, 0.15) is 17.2 Å². The van der Waals surface area contributed by atoms with Gasteiger partial charge in [0, 0.05) is 31.6 Å². The molecular weight excluding hydrogens is 545 g/mol. The Morgan fingerprint density at radius 2 is 1.88 bits per heavy atom. The molecule has 2 aliphatic heterocycles. The summed E-state index contributed by atoms with van der Waals surface area (Å²) in [6, 6.07) is 1.17. The third-order valence-electron chi connectivity index (χ3n) is 5.71. The number of aryl methyl sites for hydroxylation is 1. The molecule has 8 nitrogen and oxygen atoms in total. The maximum Gasteiger partial charge on any atom is 0.276 e. The van der Waals surface area contributed by atoms with Crippen LogP contribution in [0.4, 0.5) is 14.6 Å². The van der Waals surface area contributed by atoms with Crippen molar-refractivity contribution in [3.8, 4) is 0 Å². The summed E-state index contributed by atoms with van der Waals surface area (Å²) < 4.78 is 35.7. The molecule has 2 aliphatic rings.